The number of halogens is 4. The summed E-state index contributed by atoms with van der Waals surface area (Å²) in [5.74, 6) is 0.511. The van der Waals surface area contributed by atoms with Crippen LogP contribution in [0.25, 0.3) is 22.6 Å². The quantitative estimate of drug-likeness (QED) is 0.440. The number of hydrogen-bond acceptors (Lipinski definition) is 4. The monoisotopic (exact) mass is 460 g/mol. The molecule has 1 saturated carbocycles. The van der Waals surface area contributed by atoms with Crippen molar-refractivity contribution in [2.24, 2.45) is 0 Å². The van der Waals surface area contributed by atoms with Gasteiger partial charge in [-0.05, 0) is 43.2 Å². The third-order valence-corrected chi connectivity index (χ3v) is 5.46. The van der Waals surface area contributed by atoms with Gasteiger partial charge in [0.05, 0.1) is 11.8 Å². The molecule has 11 heteroatoms. The summed E-state index contributed by atoms with van der Waals surface area (Å²) in [6.07, 6.45) is -1.38. The van der Waals surface area contributed by atoms with Crippen LogP contribution in [0.3, 0.4) is 0 Å². The van der Waals surface area contributed by atoms with Crippen molar-refractivity contribution in [1.29, 1.82) is 0 Å². The van der Waals surface area contributed by atoms with Crippen molar-refractivity contribution >= 4 is 11.6 Å². The number of nitrogens with zero attached hydrogens (tertiary/aromatic N) is 6. The van der Waals surface area contributed by atoms with Crippen LogP contribution in [-0.2, 0) is 12.8 Å². The number of aromatic nitrogens is 6. The van der Waals surface area contributed by atoms with Crippen molar-refractivity contribution in [3.05, 3.63) is 75.8 Å². The van der Waals surface area contributed by atoms with E-state index in [4.69, 9.17) is 11.6 Å². The summed E-state index contributed by atoms with van der Waals surface area (Å²) in [7, 11) is 0. The minimum absolute atomic E-state index is 0.0607. The second kappa shape index (κ2) is 7.63. The molecule has 0 bridgehead atoms. The van der Waals surface area contributed by atoms with Crippen LogP contribution in [0.15, 0.2) is 59.5 Å². The average molecular weight is 461 g/mol. The van der Waals surface area contributed by atoms with Gasteiger partial charge < -0.3 is 0 Å². The van der Waals surface area contributed by atoms with Gasteiger partial charge in [0.15, 0.2) is 5.82 Å². The van der Waals surface area contributed by atoms with Crippen LogP contribution in [0.5, 0.6) is 0 Å². The Balaban J connectivity index is 1.49. The molecule has 2 aromatic heterocycles. The fourth-order valence-electron chi connectivity index (χ4n) is 3.55. The predicted octanol–water partition coefficient (Wildman–Crippen LogP) is 4.48. The second-order valence-electron chi connectivity index (χ2n) is 7.54. The lowest BCUT2D eigenvalue weighted by Crippen LogP contribution is -2.27. The Kier molecular flexibility index (Phi) is 4.89. The van der Waals surface area contributed by atoms with Crippen molar-refractivity contribution in [1.82, 2.24) is 29.3 Å². The first-order valence-electron chi connectivity index (χ1n) is 9.83. The molecular weight excluding hydrogens is 445 g/mol. The molecule has 0 atom stereocenters. The Morgan fingerprint density at radius 3 is 2.47 bits per heavy atom. The number of alkyl halides is 3. The Morgan fingerprint density at radius 2 is 1.78 bits per heavy atom. The molecule has 0 amide bonds. The van der Waals surface area contributed by atoms with E-state index < -0.39 is 11.7 Å². The molecule has 32 heavy (non-hydrogen) atoms. The molecule has 0 N–H and O–H groups in total. The summed E-state index contributed by atoms with van der Waals surface area (Å²) in [4.78, 5) is 13.0. The van der Waals surface area contributed by atoms with Crippen LogP contribution in [-0.4, -0.2) is 29.3 Å². The normalized spacial score (nSPS) is 14.1. The van der Waals surface area contributed by atoms with Gasteiger partial charge in [-0.1, -0.05) is 35.0 Å². The highest BCUT2D eigenvalue weighted by Gasteiger charge is 2.34. The Morgan fingerprint density at radius 1 is 1.06 bits per heavy atom. The molecule has 0 spiro atoms. The van der Waals surface area contributed by atoms with Crippen LogP contribution in [0, 0.1) is 0 Å². The highest BCUT2D eigenvalue weighted by Crippen LogP contribution is 2.37. The van der Waals surface area contributed by atoms with Crippen molar-refractivity contribution in [2.75, 3.05) is 0 Å². The lowest BCUT2D eigenvalue weighted by Gasteiger charge is -2.10. The lowest BCUT2D eigenvalue weighted by atomic mass is 10.1. The molecule has 0 radical (unpaired) electrons. The first-order chi connectivity index (χ1) is 15.3. The van der Waals surface area contributed by atoms with Crippen molar-refractivity contribution in [3.8, 4) is 22.6 Å². The summed E-state index contributed by atoms with van der Waals surface area (Å²) in [6, 6.07) is 12.2. The van der Waals surface area contributed by atoms with E-state index in [1.807, 2.05) is 0 Å². The van der Waals surface area contributed by atoms with E-state index in [2.05, 4.69) is 15.4 Å². The van der Waals surface area contributed by atoms with Gasteiger partial charge in [-0.15, -0.1) is 10.2 Å². The van der Waals surface area contributed by atoms with Gasteiger partial charge in [0.1, 0.15) is 12.4 Å². The molecule has 5 rings (SSSR count). The van der Waals surface area contributed by atoms with Crippen molar-refractivity contribution < 1.29 is 13.2 Å². The lowest BCUT2D eigenvalue weighted by molar-refractivity contribution is -0.137. The molecule has 164 valence electrons. The fourth-order valence-corrected chi connectivity index (χ4v) is 3.68. The highest BCUT2D eigenvalue weighted by molar-refractivity contribution is 6.30. The smallest absolute Gasteiger partial charge is 0.272 e. The third-order valence-electron chi connectivity index (χ3n) is 5.21. The first-order valence-corrected chi connectivity index (χ1v) is 10.2. The molecule has 1 aliphatic carbocycles. The van der Waals surface area contributed by atoms with E-state index in [0.29, 0.717) is 10.8 Å². The maximum atomic E-state index is 13.3. The SMILES string of the molecule is O=c1n(Cn2cc(-c3ccccc3C(F)(F)F)nn2)nc(-c2ccc(Cl)cc2)n1C1CC1. The topological polar surface area (TPSA) is 70.5 Å². The minimum Gasteiger partial charge on any atom is -0.272 e. The summed E-state index contributed by atoms with van der Waals surface area (Å²) >= 11 is 5.97. The van der Waals surface area contributed by atoms with Gasteiger partial charge in [0.25, 0.3) is 0 Å². The molecule has 1 aliphatic rings. The number of rotatable bonds is 5. The van der Waals surface area contributed by atoms with Gasteiger partial charge in [0, 0.05) is 22.2 Å². The van der Waals surface area contributed by atoms with Gasteiger partial charge in [-0.2, -0.15) is 17.9 Å². The van der Waals surface area contributed by atoms with Gasteiger partial charge in [-0.3, -0.25) is 4.57 Å². The zero-order chi connectivity index (χ0) is 22.5. The molecular formula is C21H16ClF3N6O. The van der Waals surface area contributed by atoms with Crippen molar-refractivity contribution in [2.45, 2.75) is 31.7 Å². The molecule has 0 aliphatic heterocycles. The average Bonchev–Trinajstić information content (AvgIpc) is 3.40. The molecule has 1 fully saturated rings. The van der Waals surface area contributed by atoms with E-state index in [0.717, 1.165) is 24.5 Å². The number of benzene rings is 2. The van der Waals surface area contributed by atoms with Gasteiger partial charge in [0.2, 0.25) is 0 Å². The maximum Gasteiger partial charge on any atom is 0.417 e. The number of hydrogen-bond donors (Lipinski definition) is 0. The summed E-state index contributed by atoms with van der Waals surface area (Å²) in [5, 5.41) is 12.8. The molecule has 0 saturated heterocycles. The molecule has 4 aromatic rings. The zero-order valence-electron chi connectivity index (χ0n) is 16.5. The predicted molar refractivity (Wildman–Crippen MR) is 111 cm³/mol. The largest absolute Gasteiger partial charge is 0.417 e. The van der Waals surface area contributed by atoms with Gasteiger partial charge >= 0.3 is 11.9 Å². The van der Waals surface area contributed by atoms with Crippen LogP contribution < -0.4 is 5.69 Å². The standard InChI is InChI=1S/C21H16ClF3N6O/c22-14-7-5-13(6-8-14)19-27-30(20(32)31(19)15-9-10-15)12-29-11-18(26-28-29)16-3-1-2-4-17(16)21(23,24)25/h1-8,11,15H,9-10,12H2. The van der Waals surface area contributed by atoms with E-state index in [-0.39, 0.29) is 29.7 Å². The van der Waals surface area contributed by atoms with Gasteiger partial charge in [-0.25, -0.2) is 9.48 Å². The van der Waals surface area contributed by atoms with Crippen LogP contribution >= 0.6 is 11.6 Å². The van der Waals surface area contributed by atoms with Crippen LogP contribution in [0.1, 0.15) is 24.4 Å². The van der Waals surface area contributed by atoms with E-state index in [1.54, 1.807) is 28.8 Å². The Labute approximate surface area is 184 Å². The maximum absolute atomic E-state index is 13.3. The van der Waals surface area contributed by atoms with Crippen molar-refractivity contribution in [3.63, 3.8) is 0 Å². The first kappa shape index (κ1) is 20.5. The summed E-state index contributed by atoms with van der Waals surface area (Å²) in [5.41, 5.74) is -0.387. The van der Waals surface area contributed by atoms with E-state index in [9.17, 15) is 18.0 Å². The highest BCUT2D eigenvalue weighted by atomic mass is 35.5. The summed E-state index contributed by atoms with van der Waals surface area (Å²) < 4.78 is 44.2. The Bertz CT molecular complexity index is 1330. The molecule has 2 heterocycles. The zero-order valence-corrected chi connectivity index (χ0v) is 17.3. The minimum atomic E-state index is -4.52. The van der Waals surface area contributed by atoms with E-state index in [1.165, 1.54) is 33.8 Å². The Hall–Kier alpha value is -3.40. The third kappa shape index (κ3) is 3.81. The molecule has 2 aromatic carbocycles. The molecule has 0 unspecified atom stereocenters. The van der Waals surface area contributed by atoms with E-state index >= 15 is 0 Å². The second-order valence-corrected chi connectivity index (χ2v) is 7.98. The molecule has 7 nitrogen and oxygen atoms in total. The van der Waals surface area contributed by atoms with Crippen LogP contribution in [0.2, 0.25) is 5.02 Å². The fraction of sp³-hybridized carbons (Fsp3) is 0.238. The summed E-state index contributed by atoms with van der Waals surface area (Å²) in [6.45, 7) is -0.0830. The van der Waals surface area contributed by atoms with Crippen LogP contribution in [0.4, 0.5) is 13.2 Å².